The third-order valence-electron chi connectivity index (χ3n) is 3.24. The lowest BCUT2D eigenvalue weighted by molar-refractivity contribution is 0.320. The van der Waals surface area contributed by atoms with Crippen molar-refractivity contribution in [2.45, 2.75) is 12.8 Å². The molecule has 0 atom stereocenters. The molecule has 0 aromatic heterocycles. The van der Waals surface area contributed by atoms with Crippen LogP contribution in [0.25, 0.3) is 0 Å². The minimum Gasteiger partial charge on any atom is -0.493 e. The second-order valence-electron chi connectivity index (χ2n) is 4.57. The summed E-state index contributed by atoms with van der Waals surface area (Å²) in [6.45, 7) is 1.49. The van der Waals surface area contributed by atoms with Gasteiger partial charge in [0.2, 0.25) is 0 Å². The van der Waals surface area contributed by atoms with Crippen LogP contribution in [0.5, 0.6) is 11.5 Å². The Kier molecular flexibility index (Phi) is 3.74. The second-order valence-corrected chi connectivity index (χ2v) is 5.42. The Labute approximate surface area is 121 Å². The van der Waals surface area contributed by atoms with Gasteiger partial charge in [0.25, 0.3) is 0 Å². The average Bonchev–Trinajstić information content (AvgIpc) is 2.88. The molecule has 1 aliphatic heterocycles. The van der Waals surface area contributed by atoms with Crippen molar-refractivity contribution in [3.8, 4) is 11.5 Å². The van der Waals surface area contributed by atoms with Gasteiger partial charge >= 0.3 is 0 Å². The highest BCUT2D eigenvalue weighted by Gasteiger charge is 2.11. The molecular formula is C16H15BrO2. The van der Waals surface area contributed by atoms with Gasteiger partial charge in [-0.3, -0.25) is 0 Å². The molecule has 3 heteroatoms. The van der Waals surface area contributed by atoms with Crippen LogP contribution in [0, 0.1) is 0 Å². The zero-order valence-corrected chi connectivity index (χ0v) is 12.2. The van der Waals surface area contributed by atoms with E-state index >= 15 is 0 Å². The molecule has 3 rings (SSSR count). The van der Waals surface area contributed by atoms with E-state index < -0.39 is 0 Å². The van der Waals surface area contributed by atoms with Gasteiger partial charge in [0.1, 0.15) is 11.5 Å². The number of para-hydroxylation sites is 1. The third-order valence-corrected chi connectivity index (χ3v) is 3.89. The molecule has 0 spiro atoms. The number of ether oxygens (including phenoxy) is 2. The lowest BCUT2D eigenvalue weighted by atomic mass is 10.1. The van der Waals surface area contributed by atoms with E-state index in [1.807, 2.05) is 24.3 Å². The van der Waals surface area contributed by atoms with Gasteiger partial charge in [-0.2, -0.15) is 0 Å². The van der Waals surface area contributed by atoms with Gasteiger partial charge in [0, 0.05) is 12.8 Å². The van der Waals surface area contributed by atoms with E-state index in [1.165, 1.54) is 11.1 Å². The van der Waals surface area contributed by atoms with Gasteiger partial charge in [-0.15, -0.1) is 0 Å². The van der Waals surface area contributed by atoms with Crippen molar-refractivity contribution in [1.82, 2.24) is 0 Å². The number of rotatable bonds is 4. The zero-order chi connectivity index (χ0) is 13.1. The minimum atomic E-state index is 0.683. The van der Waals surface area contributed by atoms with Crippen molar-refractivity contribution >= 4 is 15.9 Å². The first-order valence-electron chi connectivity index (χ1n) is 6.45. The van der Waals surface area contributed by atoms with Crippen LogP contribution >= 0.6 is 15.9 Å². The summed E-state index contributed by atoms with van der Waals surface area (Å²) in [7, 11) is 0. The maximum atomic E-state index is 5.78. The Balaban J connectivity index is 1.59. The Morgan fingerprint density at radius 3 is 2.95 bits per heavy atom. The molecular weight excluding hydrogens is 304 g/mol. The van der Waals surface area contributed by atoms with E-state index in [-0.39, 0.29) is 0 Å². The molecule has 0 radical (unpaired) electrons. The molecule has 1 aliphatic rings. The average molecular weight is 319 g/mol. The summed E-state index contributed by atoms with van der Waals surface area (Å²) in [5, 5.41) is 0. The van der Waals surface area contributed by atoms with E-state index in [4.69, 9.17) is 9.47 Å². The van der Waals surface area contributed by atoms with Gasteiger partial charge in [0.15, 0.2) is 0 Å². The van der Waals surface area contributed by atoms with E-state index in [0.29, 0.717) is 6.61 Å². The van der Waals surface area contributed by atoms with Crippen molar-refractivity contribution < 1.29 is 9.47 Å². The van der Waals surface area contributed by atoms with Crippen molar-refractivity contribution in [2.75, 3.05) is 13.2 Å². The lowest BCUT2D eigenvalue weighted by Gasteiger charge is -2.08. The van der Waals surface area contributed by atoms with Crippen molar-refractivity contribution in [1.29, 1.82) is 0 Å². The minimum absolute atomic E-state index is 0.683. The third kappa shape index (κ3) is 2.92. The first kappa shape index (κ1) is 12.5. The van der Waals surface area contributed by atoms with Crippen molar-refractivity contribution in [3.63, 3.8) is 0 Å². The summed E-state index contributed by atoms with van der Waals surface area (Å²) in [6, 6.07) is 14.3. The molecule has 0 saturated carbocycles. The first-order chi connectivity index (χ1) is 9.33. The second kappa shape index (κ2) is 5.66. The molecule has 98 valence electrons. The molecule has 2 nitrogen and oxygen atoms in total. The maximum Gasteiger partial charge on any atom is 0.133 e. The number of hydrogen-bond donors (Lipinski definition) is 0. The number of hydrogen-bond acceptors (Lipinski definition) is 2. The van der Waals surface area contributed by atoms with Crippen LogP contribution in [-0.4, -0.2) is 13.2 Å². The summed E-state index contributed by atoms with van der Waals surface area (Å²) >= 11 is 3.48. The Morgan fingerprint density at radius 1 is 1.16 bits per heavy atom. The van der Waals surface area contributed by atoms with Crippen LogP contribution in [0.2, 0.25) is 0 Å². The highest BCUT2D eigenvalue weighted by Crippen LogP contribution is 2.27. The monoisotopic (exact) mass is 318 g/mol. The highest BCUT2D eigenvalue weighted by atomic mass is 79.9. The quantitative estimate of drug-likeness (QED) is 0.848. The SMILES string of the molecule is Brc1ccccc1OCCc1ccc2c(c1)CCO2. The van der Waals surface area contributed by atoms with Gasteiger partial charge in [-0.25, -0.2) is 0 Å². The zero-order valence-electron chi connectivity index (χ0n) is 10.6. The molecule has 0 bridgehead atoms. The van der Waals surface area contributed by atoms with Crippen LogP contribution in [0.15, 0.2) is 46.9 Å². The highest BCUT2D eigenvalue weighted by molar-refractivity contribution is 9.10. The molecule has 1 heterocycles. The molecule has 0 aliphatic carbocycles. The normalized spacial score (nSPS) is 12.9. The van der Waals surface area contributed by atoms with Gasteiger partial charge < -0.3 is 9.47 Å². The molecule has 0 N–H and O–H groups in total. The Hall–Kier alpha value is -1.48. The fraction of sp³-hybridized carbons (Fsp3) is 0.250. The largest absolute Gasteiger partial charge is 0.493 e. The van der Waals surface area contributed by atoms with E-state index in [9.17, 15) is 0 Å². The fourth-order valence-electron chi connectivity index (χ4n) is 2.24. The summed E-state index contributed by atoms with van der Waals surface area (Å²) in [5.74, 6) is 1.93. The number of halogens is 1. The lowest BCUT2D eigenvalue weighted by Crippen LogP contribution is -2.02. The molecule has 0 amide bonds. The van der Waals surface area contributed by atoms with Crippen molar-refractivity contribution in [3.05, 3.63) is 58.1 Å². The van der Waals surface area contributed by atoms with Gasteiger partial charge in [-0.05, 0) is 45.3 Å². The first-order valence-corrected chi connectivity index (χ1v) is 7.24. The van der Waals surface area contributed by atoms with E-state index in [1.54, 1.807) is 0 Å². The number of fused-ring (bicyclic) bond motifs is 1. The van der Waals surface area contributed by atoms with E-state index in [0.717, 1.165) is 35.4 Å². The van der Waals surface area contributed by atoms with Crippen LogP contribution in [0.3, 0.4) is 0 Å². The molecule has 2 aromatic carbocycles. The van der Waals surface area contributed by atoms with Crippen LogP contribution in [-0.2, 0) is 12.8 Å². The summed E-state index contributed by atoms with van der Waals surface area (Å²) in [6.07, 6.45) is 1.93. The predicted octanol–water partition coefficient (Wildman–Crippen LogP) is 4.01. The molecule has 0 unspecified atom stereocenters. The van der Waals surface area contributed by atoms with Gasteiger partial charge in [0.05, 0.1) is 17.7 Å². The topological polar surface area (TPSA) is 18.5 Å². The Morgan fingerprint density at radius 2 is 2.05 bits per heavy atom. The molecule has 0 fully saturated rings. The van der Waals surface area contributed by atoms with Gasteiger partial charge in [-0.1, -0.05) is 24.3 Å². The van der Waals surface area contributed by atoms with E-state index in [2.05, 4.69) is 34.1 Å². The van der Waals surface area contributed by atoms with Crippen molar-refractivity contribution in [2.24, 2.45) is 0 Å². The molecule has 0 saturated heterocycles. The molecule has 19 heavy (non-hydrogen) atoms. The summed E-state index contributed by atoms with van der Waals surface area (Å²) in [5.41, 5.74) is 2.62. The molecule has 2 aromatic rings. The Bertz CT molecular complexity index is 581. The number of benzene rings is 2. The summed E-state index contributed by atoms with van der Waals surface area (Å²) < 4.78 is 12.3. The van der Waals surface area contributed by atoms with Crippen LogP contribution in [0.1, 0.15) is 11.1 Å². The summed E-state index contributed by atoms with van der Waals surface area (Å²) in [4.78, 5) is 0. The maximum absolute atomic E-state index is 5.78. The smallest absolute Gasteiger partial charge is 0.133 e. The van der Waals surface area contributed by atoms with Crippen LogP contribution < -0.4 is 9.47 Å². The standard InChI is InChI=1S/C16H15BrO2/c17-14-3-1-2-4-16(14)19-9-7-12-5-6-15-13(11-12)8-10-18-15/h1-6,11H,7-10H2. The fourth-order valence-corrected chi connectivity index (χ4v) is 2.64. The van der Waals surface area contributed by atoms with Crippen LogP contribution in [0.4, 0.5) is 0 Å². The predicted molar refractivity (Wildman–Crippen MR) is 79.0 cm³/mol.